The molecule has 184 valence electrons. The summed E-state index contributed by atoms with van der Waals surface area (Å²) in [6, 6.07) is 6.73. The molecule has 1 saturated heterocycles. The summed E-state index contributed by atoms with van der Waals surface area (Å²) in [6.07, 6.45) is 3.01. The lowest BCUT2D eigenvalue weighted by atomic mass is 10.2. The summed E-state index contributed by atoms with van der Waals surface area (Å²) in [5.74, 6) is -1.07. The van der Waals surface area contributed by atoms with E-state index in [2.05, 4.69) is 15.3 Å². The molecule has 1 aliphatic heterocycles. The molecule has 1 fully saturated rings. The van der Waals surface area contributed by atoms with Gasteiger partial charge >= 0.3 is 5.97 Å². The predicted octanol–water partition coefficient (Wildman–Crippen LogP) is 1.79. The van der Waals surface area contributed by atoms with Crippen molar-refractivity contribution >= 4 is 39.9 Å². The Balaban J connectivity index is 1.48. The first-order valence-electron chi connectivity index (χ1n) is 11.2. The number of nitrogens with one attached hydrogen (secondary N) is 1. The fourth-order valence-electron chi connectivity index (χ4n) is 4.13. The quantitative estimate of drug-likeness (QED) is 0.515. The van der Waals surface area contributed by atoms with Crippen LogP contribution in [0.15, 0.2) is 41.6 Å². The number of aromatic nitrogens is 3. The van der Waals surface area contributed by atoms with Crippen molar-refractivity contribution in [2.75, 3.05) is 6.54 Å². The number of esters is 1. The van der Waals surface area contributed by atoms with Crippen LogP contribution in [-0.2, 0) is 36.7 Å². The van der Waals surface area contributed by atoms with E-state index in [9.17, 15) is 18.6 Å². The number of hydrogen-bond donors (Lipinski definition) is 1. The number of rotatable bonds is 6. The van der Waals surface area contributed by atoms with E-state index in [1.165, 1.54) is 24.9 Å². The molecule has 0 saturated carbocycles. The molecule has 1 aromatic carbocycles. The van der Waals surface area contributed by atoms with E-state index >= 15 is 0 Å². The SMILES string of the molecule is CC(=O)OC1CC(C(=O)NCc2cnc3c(n2)c(C)cn3S(=O)c2ccc(C)cc2)N(C(C)=O)C1. The average molecular weight is 498 g/mol. The minimum Gasteiger partial charge on any atom is -0.461 e. The molecule has 3 heterocycles. The number of amides is 2. The Kier molecular flexibility index (Phi) is 6.97. The summed E-state index contributed by atoms with van der Waals surface area (Å²) in [5.41, 5.74) is 3.50. The van der Waals surface area contributed by atoms with Crippen molar-refractivity contribution in [3.8, 4) is 0 Å². The Bertz CT molecular complexity index is 1320. The Morgan fingerprint density at radius 2 is 1.89 bits per heavy atom. The molecule has 3 aromatic rings. The third-order valence-electron chi connectivity index (χ3n) is 5.84. The van der Waals surface area contributed by atoms with Gasteiger partial charge in [-0.1, -0.05) is 17.7 Å². The second kappa shape index (κ2) is 9.95. The van der Waals surface area contributed by atoms with Gasteiger partial charge in [0.1, 0.15) is 17.7 Å². The maximum absolute atomic E-state index is 13.1. The van der Waals surface area contributed by atoms with E-state index in [0.717, 1.165) is 11.1 Å². The number of hydrogen-bond acceptors (Lipinski definition) is 7. The summed E-state index contributed by atoms with van der Waals surface area (Å²) < 4.78 is 19.9. The standard InChI is InChI=1S/C24H27N5O5S/c1-14-5-7-20(8-6-14)35(33)29-12-15(2)22-23(29)25-10-18(27-22)11-26-24(32)21-9-19(34-17(4)31)13-28(21)16(3)30/h5-8,10,12,19,21H,9,11,13H2,1-4H3,(H,26,32). The minimum atomic E-state index is -1.47. The van der Waals surface area contributed by atoms with Gasteiger partial charge < -0.3 is 15.0 Å². The van der Waals surface area contributed by atoms with Gasteiger partial charge in [0, 0.05) is 26.5 Å². The fourth-order valence-corrected chi connectivity index (χ4v) is 5.27. The van der Waals surface area contributed by atoms with E-state index in [1.807, 2.05) is 38.1 Å². The van der Waals surface area contributed by atoms with Crippen molar-refractivity contribution in [1.29, 1.82) is 0 Å². The van der Waals surface area contributed by atoms with Gasteiger partial charge in [-0.05, 0) is 31.5 Å². The lowest BCUT2D eigenvalue weighted by Gasteiger charge is -2.21. The summed E-state index contributed by atoms with van der Waals surface area (Å²) in [4.78, 5) is 47.2. The van der Waals surface area contributed by atoms with Gasteiger partial charge in [-0.3, -0.25) is 14.4 Å². The smallest absolute Gasteiger partial charge is 0.302 e. The number of carbonyl (C=O) groups excluding carboxylic acids is 3. The monoisotopic (exact) mass is 497 g/mol. The zero-order chi connectivity index (χ0) is 25.3. The number of nitrogens with zero attached hydrogens (tertiary/aromatic N) is 4. The van der Waals surface area contributed by atoms with Crippen molar-refractivity contribution in [2.45, 2.75) is 57.7 Å². The highest BCUT2D eigenvalue weighted by molar-refractivity contribution is 7.83. The summed E-state index contributed by atoms with van der Waals surface area (Å²) >= 11 is 0. The van der Waals surface area contributed by atoms with Crippen LogP contribution in [0.5, 0.6) is 0 Å². The Hall–Kier alpha value is -3.60. The molecule has 1 aliphatic rings. The third-order valence-corrected chi connectivity index (χ3v) is 7.15. The molecule has 0 radical (unpaired) electrons. The number of likely N-dealkylation sites (tertiary alicyclic amines) is 1. The third kappa shape index (κ3) is 5.24. The van der Waals surface area contributed by atoms with Crippen LogP contribution < -0.4 is 5.32 Å². The maximum atomic E-state index is 13.1. The van der Waals surface area contributed by atoms with Crippen molar-refractivity contribution in [3.05, 3.63) is 53.5 Å². The van der Waals surface area contributed by atoms with Gasteiger partial charge in [0.2, 0.25) is 11.8 Å². The second-order valence-electron chi connectivity index (χ2n) is 8.61. The number of aryl methyl sites for hydroxylation is 2. The van der Waals surface area contributed by atoms with Gasteiger partial charge in [0.25, 0.3) is 0 Å². The summed E-state index contributed by atoms with van der Waals surface area (Å²) in [7, 11) is -1.47. The molecular formula is C24H27N5O5S. The molecule has 2 aromatic heterocycles. The molecule has 0 bridgehead atoms. The molecule has 4 rings (SSSR count). The topological polar surface area (TPSA) is 123 Å². The Morgan fingerprint density at radius 3 is 2.54 bits per heavy atom. The lowest BCUT2D eigenvalue weighted by molar-refractivity contribution is -0.146. The normalized spacial score (nSPS) is 18.5. The van der Waals surface area contributed by atoms with Crippen molar-refractivity contribution in [2.24, 2.45) is 0 Å². The largest absolute Gasteiger partial charge is 0.461 e. The van der Waals surface area contributed by atoms with Crippen molar-refractivity contribution in [1.82, 2.24) is 24.2 Å². The van der Waals surface area contributed by atoms with Crippen LogP contribution in [0.4, 0.5) is 0 Å². The van der Waals surface area contributed by atoms with Gasteiger partial charge in [-0.2, -0.15) is 0 Å². The second-order valence-corrected chi connectivity index (χ2v) is 9.97. The zero-order valence-corrected chi connectivity index (χ0v) is 20.8. The lowest BCUT2D eigenvalue weighted by Crippen LogP contribution is -2.45. The Labute approximate surface area is 205 Å². The van der Waals surface area contributed by atoms with Crippen molar-refractivity contribution < 1.29 is 23.3 Å². The van der Waals surface area contributed by atoms with Gasteiger partial charge in [-0.15, -0.1) is 0 Å². The van der Waals surface area contributed by atoms with Crippen LogP contribution in [0.2, 0.25) is 0 Å². The molecular weight excluding hydrogens is 470 g/mol. The van der Waals surface area contributed by atoms with Gasteiger partial charge in [-0.25, -0.2) is 18.1 Å². The van der Waals surface area contributed by atoms with E-state index in [4.69, 9.17) is 4.74 Å². The number of ether oxygens (including phenoxy) is 1. The predicted molar refractivity (Wildman–Crippen MR) is 128 cm³/mol. The van der Waals surface area contributed by atoms with E-state index in [0.29, 0.717) is 21.8 Å². The Morgan fingerprint density at radius 1 is 1.17 bits per heavy atom. The minimum absolute atomic E-state index is 0.105. The van der Waals surface area contributed by atoms with E-state index in [1.54, 1.807) is 10.2 Å². The van der Waals surface area contributed by atoms with Crippen LogP contribution in [0, 0.1) is 13.8 Å². The van der Waals surface area contributed by atoms with E-state index in [-0.39, 0.29) is 31.3 Å². The van der Waals surface area contributed by atoms with E-state index < -0.39 is 29.1 Å². The van der Waals surface area contributed by atoms with Crippen LogP contribution in [0.3, 0.4) is 0 Å². The van der Waals surface area contributed by atoms with Crippen molar-refractivity contribution in [3.63, 3.8) is 0 Å². The summed E-state index contributed by atoms with van der Waals surface area (Å²) in [6.45, 7) is 6.80. The number of benzene rings is 1. The van der Waals surface area contributed by atoms with Crippen LogP contribution in [-0.4, -0.2) is 59.5 Å². The average Bonchev–Trinajstić information content (AvgIpc) is 3.38. The first-order chi connectivity index (χ1) is 16.6. The van der Waals surface area contributed by atoms with Gasteiger partial charge in [0.15, 0.2) is 16.6 Å². The maximum Gasteiger partial charge on any atom is 0.302 e. The van der Waals surface area contributed by atoms with Crippen LogP contribution in [0.1, 0.15) is 37.1 Å². The number of carbonyl (C=O) groups is 3. The molecule has 10 nitrogen and oxygen atoms in total. The van der Waals surface area contributed by atoms with Crippen LogP contribution in [0.25, 0.3) is 11.2 Å². The molecule has 3 unspecified atom stereocenters. The van der Waals surface area contributed by atoms with Gasteiger partial charge in [0.05, 0.1) is 29.9 Å². The highest BCUT2D eigenvalue weighted by atomic mass is 32.2. The molecule has 11 heteroatoms. The molecule has 0 spiro atoms. The fraction of sp³-hybridized carbons (Fsp3) is 0.375. The molecule has 35 heavy (non-hydrogen) atoms. The summed E-state index contributed by atoms with van der Waals surface area (Å²) in [5, 5.41) is 2.80. The highest BCUT2D eigenvalue weighted by Crippen LogP contribution is 2.23. The highest BCUT2D eigenvalue weighted by Gasteiger charge is 2.39. The zero-order valence-electron chi connectivity index (χ0n) is 20.0. The van der Waals surface area contributed by atoms with Crippen LogP contribution >= 0.6 is 0 Å². The molecule has 3 atom stereocenters. The molecule has 0 aliphatic carbocycles. The first-order valence-corrected chi connectivity index (χ1v) is 12.3. The number of fused-ring (bicyclic) bond motifs is 1. The molecule has 2 amide bonds. The first kappa shape index (κ1) is 24.5. The molecule has 1 N–H and O–H groups in total.